The molecular weight excluding hydrogens is 424 g/mol. The first kappa shape index (κ1) is 20.4. The fraction of sp³-hybridized carbons (Fsp3) is 0.304. The largest absolute Gasteiger partial charge is 0.444 e. The van der Waals surface area contributed by atoms with Gasteiger partial charge in [-0.15, -0.1) is 11.3 Å². The Labute approximate surface area is 189 Å². The number of para-hydroxylation sites is 1. The summed E-state index contributed by atoms with van der Waals surface area (Å²) in [5, 5.41) is 5.35. The van der Waals surface area contributed by atoms with Crippen LogP contribution in [0.25, 0.3) is 31.9 Å². The van der Waals surface area contributed by atoms with E-state index in [1.807, 2.05) is 68.2 Å². The van der Waals surface area contributed by atoms with Crippen LogP contribution in [0.15, 0.2) is 48.9 Å². The molecule has 0 unspecified atom stereocenters. The van der Waals surface area contributed by atoms with Crippen LogP contribution in [-0.2, 0) is 4.74 Å². The highest BCUT2D eigenvalue weighted by molar-refractivity contribution is 7.21. The smallest absolute Gasteiger partial charge is 0.410 e. The minimum absolute atomic E-state index is 0.127. The average molecular weight is 449 g/mol. The Morgan fingerprint density at radius 1 is 1.19 bits per heavy atom. The van der Waals surface area contributed by atoms with Crippen LogP contribution in [0.1, 0.15) is 26.8 Å². The molecule has 0 spiro atoms. The van der Waals surface area contributed by atoms with Crippen molar-refractivity contribution >= 4 is 33.5 Å². The third kappa shape index (κ3) is 3.91. The number of thiazole rings is 1. The number of aromatic nitrogens is 4. The van der Waals surface area contributed by atoms with Gasteiger partial charge < -0.3 is 15.4 Å². The van der Waals surface area contributed by atoms with Crippen molar-refractivity contribution in [3.05, 3.63) is 48.9 Å². The van der Waals surface area contributed by atoms with E-state index in [-0.39, 0.29) is 12.1 Å². The predicted octanol–water partition coefficient (Wildman–Crippen LogP) is 4.60. The van der Waals surface area contributed by atoms with Gasteiger partial charge in [0.15, 0.2) is 0 Å². The summed E-state index contributed by atoms with van der Waals surface area (Å²) in [6.07, 6.45) is 5.25. The van der Waals surface area contributed by atoms with E-state index in [0.29, 0.717) is 18.9 Å². The zero-order valence-electron chi connectivity index (χ0n) is 18.1. The Morgan fingerprint density at radius 3 is 2.72 bits per heavy atom. The second-order valence-corrected chi connectivity index (χ2v) is 9.92. The number of carbonyl (C=O) groups excluding carboxylic acids is 1. The number of nitrogens with two attached hydrogens (primary N) is 1. The molecular formula is C23H24N6O2S. The van der Waals surface area contributed by atoms with Crippen molar-refractivity contribution in [1.82, 2.24) is 24.6 Å². The predicted molar refractivity (Wildman–Crippen MR) is 125 cm³/mol. The van der Waals surface area contributed by atoms with Gasteiger partial charge in [0.25, 0.3) is 0 Å². The van der Waals surface area contributed by atoms with E-state index in [1.54, 1.807) is 22.4 Å². The second-order valence-electron chi connectivity index (χ2n) is 8.89. The van der Waals surface area contributed by atoms with Crippen LogP contribution < -0.4 is 5.73 Å². The monoisotopic (exact) mass is 448 g/mol. The van der Waals surface area contributed by atoms with Crippen LogP contribution in [0.4, 0.5) is 10.6 Å². The maximum Gasteiger partial charge on any atom is 0.410 e. The molecule has 0 saturated carbocycles. The lowest BCUT2D eigenvalue weighted by Gasteiger charge is -2.39. The molecule has 3 aromatic heterocycles. The third-order valence-corrected chi connectivity index (χ3v) is 6.34. The summed E-state index contributed by atoms with van der Waals surface area (Å²) in [4.78, 5) is 23.0. The molecule has 1 aliphatic rings. The number of nitrogens with zero attached hydrogens (tertiary/aromatic N) is 5. The summed E-state index contributed by atoms with van der Waals surface area (Å²) in [5.74, 6) is 0.451. The van der Waals surface area contributed by atoms with Gasteiger partial charge in [-0.25, -0.2) is 14.8 Å². The summed E-state index contributed by atoms with van der Waals surface area (Å²) < 4.78 is 8.42. The minimum atomic E-state index is -0.496. The quantitative estimate of drug-likeness (QED) is 0.492. The summed E-state index contributed by atoms with van der Waals surface area (Å²) in [5.41, 5.74) is 9.31. The van der Waals surface area contributed by atoms with E-state index < -0.39 is 5.60 Å². The number of hydrogen-bond acceptors (Lipinski definition) is 7. The van der Waals surface area contributed by atoms with Crippen LogP contribution in [0, 0.1) is 0 Å². The summed E-state index contributed by atoms with van der Waals surface area (Å²) in [6, 6.07) is 10.2. The normalized spacial score (nSPS) is 14.5. The van der Waals surface area contributed by atoms with Gasteiger partial charge in [0, 0.05) is 36.6 Å². The first-order valence-corrected chi connectivity index (χ1v) is 11.2. The number of benzene rings is 1. The van der Waals surface area contributed by atoms with E-state index >= 15 is 0 Å². The van der Waals surface area contributed by atoms with Gasteiger partial charge in [-0.3, -0.25) is 4.68 Å². The Morgan fingerprint density at radius 2 is 1.97 bits per heavy atom. The van der Waals surface area contributed by atoms with Crippen molar-refractivity contribution in [3.63, 3.8) is 0 Å². The molecule has 1 aliphatic heterocycles. The number of fused-ring (bicyclic) bond motifs is 1. The third-order valence-electron chi connectivity index (χ3n) is 5.27. The number of ether oxygens (including phenoxy) is 1. The van der Waals surface area contributed by atoms with Crippen molar-refractivity contribution < 1.29 is 9.53 Å². The molecule has 8 nitrogen and oxygen atoms in total. The molecule has 1 amide bonds. The molecule has 4 aromatic rings. The maximum atomic E-state index is 12.2. The molecule has 5 rings (SSSR count). The summed E-state index contributed by atoms with van der Waals surface area (Å²) in [6.45, 7) is 6.75. The number of carbonyl (C=O) groups is 1. The average Bonchev–Trinajstić information content (AvgIpc) is 3.33. The van der Waals surface area contributed by atoms with Crippen molar-refractivity contribution in [2.24, 2.45) is 0 Å². The van der Waals surface area contributed by atoms with Crippen molar-refractivity contribution in [1.29, 1.82) is 0 Å². The van der Waals surface area contributed by atoms with Gasteiger partial charge in [-0.1, -0.05) is 12.1 Å². The Balaban J connectivity index is 1.34. The zero-order chi connectivity index (χ0) is 22.5. The zero-order valence-corrected chi connectivity index (χ0v) is 19.0. The molecule has 1 saturated heterocycles. The highest BCUT2D eigenvalue weighted by Crippen LogP contribution is 2.35. The Bertz CT molecular complexity index is 1270. The van der Waals surface area contributed by atoms with Crippen molar-refractivity contribution in [3.8, 4) is 21.7 Å². The fourth-order valence-electron chi connectivity index (χ4n) is 3.58. The van der Waals surface area contributed by atoms with E-state index in [0.717, 1.165) is 31.9 Å². The molecule has 0 aliphatic carbocycles. The molecule has 9 heteroatoms. The lowest BCUT2D eigenvalue weighted by atomic mass is 10.1. The lowest BCUT2D eigenvalue weighted by Crippen LogP contribution is -2.52. The number of nitrogen functional groups attached to an aromatic ring is 1. The molecule has 1 aromatic carbocycles. The highest BCUT2D eigenvalue weighted by Gasteiger charge is 2.35. The van der Waals surface area contributed by atoms with Gasteiger partial charge in [0.05, 0.1) is 28.0 Å². The first-order chi connectivity index (χ1) is 15.3. The standard InChI is InChI=1S/C23H24N6O2S/c1-23(2,3)31-22(30)28-12-16(13-28)29-11-15(10-26-29)14-8-17(20(24)25-9-14)21-27-18-6-4-5-7-19(18)32-21/h4-11,16H,12-13H2,1-3H3,(H2,24,25). The SMILES string of the molecule is CC(C)(C)OC(=O)N1CC(n2cc(-c3cnc(N)c(-c4nc5ccccc5s4)c3)cn2)C1. The van der Waals surface area contributed by atoms with E-state index in [4.69, 9.17) is 15.5 Å². The van der Waals surface area contributed by atoms with Crippen LogP contribution in [-0.4, -0.2) is 49.4 Å². The molecule has 164 valence electrons. The molecule has 0 atom stereocenters. The van der Waals surface area contributed by atoms with Gasteiger partial charge in [-0.2, -0.15) is 5.10 Å². The maximum absolute atomic E-state index is 12.2. The molecule has 4 heterocycles. The first-order valence-electron chi connectivity index (χ1n) is 10.4. The molecule has 0 radical (unpaired) electrons. The fourth-order valence-corrected chi connectivity index (χ4v) is 4.57. The number of rotatable bonds is 3. The lowest BCUT2D eigenvalue weighted by molar-refractivity contribution is -0.000381. The Kier molecular flexibility index (Phi) is 4.85. The molecule has 0 bridgehead atoms. The summed E-state index contributed by atoms with van der Waals surface area (Å²) >= 11 is 1.60. The second kappa shape index (κ2) is 7.59. The van der Waals surface area contributed by atoms with Gasteiger partial charge >= 0.3 is 6.09 Å². The topological polar surface area (TPSA) is 99.2 Å². The number of amides is 1. The number of likely N-dealkylation sites (tertiary alicyclic amines) is 1. The molecule has 32 heavy (non-hydrogen) atoms. The number of pyridine rings is 1. The van der Waals surface area contributed by atoms with E-state index in [1.165, 1.54) is 0 Å². The van der Waals surface area contributed by atoms with Crippen LogP contribution in [0.5, 0.6) is 0 Å². The van der Waals surface area contributed by atoms with Gasteiger partial charge in [0.1, 0.15) is 16.4 Å². The van der Waals surface area contributed by atoms with Crippen molar-refractivity contribution in [2.75, 3.05) is 18.8 Å². The van der Waals surface area contributed by atoms with E-state index in [2.05, 4.69) is 10.1 Å². The van der Waals surface area contributed by atoms with Crippen LogP contribution in [0.2, 0.25) is 0 Å². The van der Waals surface area contributed by atoms with Crippen molar-refractivity contribution in [2.45, 2.75) is 32.4 Å². The Hall–Kier alpha value is -3.46. The van der Waals surface area contributed by atoms with Crippen LogP contribution in [0.3, 0.4) is 0 Å². The van der Waals surface area contributed by atoms with Crippen LogP contribution >= 0.6 is 11.3 Å². The molecule has 2 N–H and O–H groups in total. The van der Waals surface area contributed by atoms with E-state index in [9.17, 15) is 4.79 Å². The van der Waals surface area contributed by atoms with Gasteiger partial charge in [0.2, 0.25) is 0 Å². The highest BCUT2D eigenvalue weighted by atomic mass is 32.1. The number of hydrogen-bond donors (Lipinski definition) is 1. The van der Waals surface area contributed by atoms with Gasteiger partial charge in [-0.05, 0) is 39.0 Å². The number of anilines is 1. The molecule has 1 fully saturated rings. The minimum Gasteiger partial charge on any atom is -0.444 e. The summed E-state index contributed by atoms with van der Waals surface area (Å²) in [7, 11) is 0.